The highest BCUT2D eigenvalue weighted by Crippen LogP contribution is 2.29. The normalized spacial score (nSPS) is 13.5. The van der Waals surface area contributed by atoms with Gasteiger partial charge in [0.2, 0.25) is 5.43 Å². The maximum absolute atomic E-state index is 13.4. The van der Waals surface area contributed by atoms with E-state index in [1.807, 2.05) is 67.6 Å². The Kier molecular flexibility index (Phi) is 7.26. The predicted octanol–water partition coefficient (Wildman–Crippen LogP) is 6.34. The standard InChI is InChI=1S/C31H32N2O4/c1-3-22-18-26-28(37-21(2)30(31(26)35)23-10-6-4-7-11-23)19-27(22)36-20-29(34)32-24-12-14-25(15-13-24)33-16-8-5-9-17-33/h4,6-7,10-15,18-19H,3,5,8-9,16-17,20H2,1-2H3,(H,32,34). The van der Waals surface area contributed by atoms with Gasteiger partial charge < -0.3 is 19.4 Å². The van der Waals surface area contributed by atoms with Crippen LogP contribution in [0.1, 0.15) is 37.5 Å². The molecule has 1 fully saturated rings. The van der Waals surface area contributed by atoms with Gasteiger partial charge in [0, 0.05) is 30.5 Å². The van der Waals surface area contributed by atoms with E-state index in [2.05, 4.69) is 10.2 Å². The molecule has 6 nitrogen and oxygen atoms in total. The van der Waals surface area contributed by atoms with Crippen LogP contribution >= 0.6 is 0 Å². The van der Waals surface area contributed by atoms with E-state index in [4.69, 9.17) is 9.15 Å². The van der Waals surface area contributed by atoms with E-state index in [1.54, 1.807) is 13.0 Å². The number of nitrogens with zero attached hydrogens (tertiary/aromatic N) is 1. The maximum atomic E-state index is 13.4. The molecule has 0 spiro atoms. The third kappa shape index (κ3) is 5.38. The van der Waals surface area contributed by atoms with Crippen LogP contribution in [0.15, 0.2) is 75.9 Å². The number of rotatable bonds is 7. The van der Waals surface area contributed by atoms with Crippen molar-refractivity contribution in [3.63, 3.8) is 0 Å². The lowest BCUT2D eigenvalue weighted by molar-refractivity contribution is -0.118. The van der Waals surface area contributed by atoms with Gasteiger partial charge in [0.25, 0.3) is 5.91 Å². The lowest BCUT2D eigenvalue weighted by atomic mass is 10.0. The summed E-state index contributed by atoms with van der Waals surface area (Å²) in [6.07, 6.45) is 4.39. The number of carbonyl (C=O) groups excluding carboxylic acids is 1. The lowest BCUT2D eigenvalue weighted by Gasteiger charge is -2.28. The minimum atomic E-state index is -0.245. The van der Waals surface area contributed by atoms with Crippen molar-refractivity contribution in [2.24, 2.45) is 0 Å². The van der Waals surface area contributed by atoms with Crippen LogP contribution in [0, 0.1) is 6.92 Å². The van der Waals surface area contributed by atoms with E-state index < -0.39 is 0 Å². The van der Waals surface area contributed by atoms with Gasteiger partial charge in [-0.2, -0.15) is 0 Å². The molecule has 37 heavy (non-hydrogen) atoms. The Labute approximate surface area is 216 Å². The monoisotopic (exact) mass is 496 g/mol. The molecule has 4 aromatic rings. The summed E-state index contributed by atoms with van der Waals surface area (Å²) in [5.74, 6) is 0.843. The maximum Gasteiger partial charge on any atom is 0.262 e. The van der Waals surface area contributed by atoms with Crippen LogP contribution in [0.3, 0.4) is 0 Å². The SMILES string of the molecule is CCc1cc2c(=O)c(-c3ccccc3)c(C)oc2cc1OCC(=O)Nc1ccc(N2CCCCC2)cc1. The highest BCUT2D eigenvalue weighted by molar-refractivity contribution is 5.92. The topological polar surface area (TPSA) is 71.8 Å². The molecule has 0 radical (unpaired) electrons. The molecule has 1 N–H and O–H groups in total. The summed E-state index contributed by atoms with van der Waals surface area (Å²) in [6, 6.07) is 21.0. The van der Waals surface area contributed by atoms with Crippen molar-refractivity contribution in [2.45, 2.75) is 39.5 Å². The zero-order valence-electron chi connectivity index (χ0n) is 21.4. The highest BCUT2D eigenvalue weighted by Gasteiger charge is 2.17. The molecule has 6 heteroatoms. The van der Waals surface area contributed by atoms with Crippen molar-refractivity contribution in [3.8, 4) is 16.9 Å². The Balaban J connectivity index is 1.31. The molecule has 1 aromatic heterocycles. The number of piperidine rings is 1. The number of fused-ring (bicyclic) bond motifs is 1. The van der Waals surface area contributed by atoms with Crippen LogP contribution in [0.25, 0.3) is 22.1 Å². The minimum Gasteiger partial charge on any atom is -0.483 e. The van der Waals surface area contributed by atoms with Gasteiger partial charge in [-0.3, -0.25) is 9.59 Å². The second-order valence-corrected chi connectivity index (χ2v) is 9.47. The first kappa shape index (κ1) is 24.6. The van der Waals surface area contributed by atoms with Crippen molar-refractivity contribution in [1.29, 1.82) is 0 Å². The van der Waals surface area contributed by atoms with Gasteiger partial charge in [-0.25, -0.2) is 0 Å². The van der Waals surface area contributed by atoms with E-state index >= 15 is 0 Å². The second kappa shape index (κ2) is 10.9. The summed E-state index contributed by atoms with van der Waals surface area (Å²) in [7, 11) is 0. The molecule has 1 saturated heterocycles. The molecule has 0 bridgehead atoms. The number of aryl methyl sites for hydroxylation is 2. The number of anilines is 2. The fourth-order valence-electron chi connectivity index (χ4n) is 4.98. The zero-order chi connectivity index (χ0) is 25.8. The third-order valence-electron chi connectivity index (χ3n) is 6.92. The minimum absolute atomic E-state index is 0.0723. The smallest absolute Gasteiger partial charge is 0.262 e. The summed E-state index contributed by atoms with van der Waals surface area (Å²) >= 11 is 0. The first-order chi connectivity index (χ1) is 18.0. The number of nitrogens with one attached hydrogen (secondary N) is 1. The predicted molar refractivity (Wildman–Crippen MR) is 149 cm³/mol. The highest BCUT2D eigenvalue weighted by atomic mass is 16.5. The van der Waals surface area contributed by atoms with Crippen LogP contribution in [-0.4, -0.2) is 25.6 Å². The average Bonchev–Trinajstić information content (AvgIpc) is 2.93. The molecule has 0 saturated carbocycles. The lowest BCUT2D eigenvalue weighted by Crippen LogP contribution is -2.29. The first-order valence-electron chi connectivity index (χ1n) is 13.0. The van der Waals surface area contributed by atoms with Crippen molar-refractivity contribution in [1.82, 2.24) is 0 Å². The van der Waals surface area contributed by atoms with Crippen molar-refractivity contribution in [3.05, 3.63) is 88.3 Å². The Morgan fingerprint density at radius 3 is 2.43 bits per heavy atom. The van der Waals surface area contributed by atoms with Crippen LogP contribution in [0.5, 0.6) is 5.75 Å². The molecule has 2 heterocycles. The largest absolute Gasteiger partial charge is 0.483 e. The zero-order valence-corrected chi connectivity index (χ0v) is 21.4. The number of benzene rings is 3. The summed E-state index contributed by atoms with van der Waals surface area (Å²) in [5.41, 5.74) is 4.54. The van der Waals surface area contributed by atoms with Gasteiger partial charge in [0.05, 0.1) is 10.9 Å². The van der Waals surface area contributed by atoms with Crippen molar-refractivity contribution in [2.75, 3.05) is 29.9 Å². The Morgan fingerprint density at radius 2 is 1.73 bits per heavy atom. The molecule has 190 valence electrons. The van der Waals surface area contributed by atoms with Crippen LogP contribution in [0.2, 0.25) is 0 Å². The van der Waals surface area contributed by atoms with Crippen LogP contribution < -0.4 is 20.4 Å². The molecular weight excluding hydrogens is 464 g/mol. The molecule has 1 aliphatic rings. The Bertz CT molecular complexity index is 1450. The molecule has 0 unspecified atom stereocenters. The fourth-order valence-corrected chi connectivity index (χ4v) is 4.98. The van der Waals surface area contributed by atoms with E-state index in [9.17, 15) is 9.59 Å². The molecule has 5 rings (SSSR count). The first-order valence-corrected chi connectivity index (χ1v) is 13.0. The molecular formula is C31H32N2O4. The quantitative estimate of drug-likeness (QED) is 0.323. The number of carbonyl (C=O) groups is 1. The molecule has 1 amide bonds. The van der Waals surface area contributed by atoms with Gasteiger partial charge in [-0.05, 0) is 74.1 Å². The van der Waals surface area contributed by atoms with Gasteiger partial charge in [0.1, 0.15) is 17.1 Å². The summed E-state index contributed by atoms with van der Waals surface area (Å²) in [5, 5.41) is 3.41. The number of hydrogen-bond acceptors (Lipinski definition) is 5. The van der Waals surface area contributed by atoms with E-state index in [-0.39, 0.29) is 17.9 Å². The molecule has 1 aliphatic heterocycles. The summed E-state index contributed by atoms with van der Waals surface area (Å²) in [4.78, 5) is 28.4. The average molecular weight is 497 g/mol. The Hall–Kier alpha value is -4.06. The number of hydrogen-bond donors (Lipinski definition) is 1. The van der Waals surface area contributed by atoms with Gasteiger partial charge >= 0.3 is 0 Å². The summed E-state index contributed by atoms with van der Waals surface area (Å²) < 4.78 is 11.9. The van der Waals surface area contributed by atoms with E-state index in [1.165, 1.54) is 24.9 Å². The van der Waals surface area contributed by atoms with Crippen LogP contribution in [0.4, 0.5) is 11.4 Å². The third-order valence-corrected chi connectivity index (χ3v) is 6.92. The Morgan fingerprint density at radius 1 is 1.00 bits per heavy atom. The molecule has 3 aromatic carbocycles. The van der Waals surface area contributed by atoms with Gasteiger partial charge in [-0.1, -0.05) is 37.3 Å². The van der Waals surface area contributed by atoms with Crippen molar-refractivity contribution >= 4 is 28.3 Å². The van der Waals surface area contributed by atoms with E-state index in [0.29, 0.717) is 34.5 Å². The molecule has 0 atom stereocenters. The summed E-state index contributed by atoms with van der Waals surface area (Å²) in [6.45, 7) is 5.81. The fraction of sp³-hybridized carbons (Fsp3) is 0.290. The second-order valence-electron chi connectivity index (χ2n) is 9.47. The van der Waals surface area contributed by atoms with E-state index in [0.717, 1.165) is 29.9 Å². The molecule has 0 aliphatic carbocycles. The van der Waals surface area contributed by atoms with Crippen molar-refractivity contribution < 1.29 is 13.9 Å². The van der Waals surface area contributed by atoms with Crippen LogP contribution in [-0.2, 0) is 11.2 Å². The van der Waals surface area contributed by atoms with Gasteiger partial charge in [-0.15, -0.1) is 0 Å². The number of amides is 1. The van der Waals surface area contributed by atoms with Gasteiger partial charge in [0.15, 0.2) is 6.61 Å². The number of ether oxygens (including phenoxy) is 1.